The van der Waals surface area contributed by atoms with Gasteiger partial charge in [0.25, 0.3) is 11.1 Å². The summed E-state index contributed by atoms with van der Waals surface area (Å²) in [6, 6.07) is 13.8. The number of hydrogen-bond acceptors (Lipinski definition) is 7. The number of amides is 1. The molecule has 1 atom stereocenters. The molecule has 0 fully saturated rings. The van der Waals surface area contributed by atoms with Gasteiger partial charge in [-0.05, 0) is 103 Å². The van der Waals surface area contributed by atoms with Gasteiger partial charge < -0.3 is 24.9 Å². The van der Waals surface area contributed by atoms with E-state index in [-0.39, 0.29) is 23.7 Å². The quantitative estimate of drug-likeness (QED) is 0.124. The smallest absolute Gasteiger partial charge is 0.407 e. The summed E-state index contributed by atoms with van der Waals surface area (Å²) in [6.07, 6.45) is 7.18. The third kappa shape index (κ3) is 11.0. The van der Waals surface area contributed by atoms with Crippen LogP contribution in [0.15, 0.2) is 67.7 Å². The van der Waals surface area contributed by atoms with Crippen LogP contribution in [0.25, 0.3) is 21.8 Å². The number of nitrogens with one attached hydrogen (secondary N) is 3. The van der Waals surface area contributed by atoms with E-state index in [0.29, 0.717) is 54.0 Å². The van der Waals surface area contributed by atoms with Gasteiger partial charge in [0, 0.05) is 19.1 Å². The van der Waals surface area contributed by atoms with Crippen LogP contribution in [0.3, 0.4) is 0 Å². The highest BCUT2D eigenvalue weighted by Gasteiger charge is 2.20. The van der Waals surface area contributed by atoms with Crippen LogP contribution in [0.5, 0.6) is 0 Å². The average Bonchev–Trinajstić information content (AvgIpc) is 3.04. The summed E-state index contributed by atoms with van der Waals surface area (Å²) < 4.78 is 8.04. The fourth-order valence-corrected chi connectivity index (χ4v) is 6.17. The summed E-state index contributed by atoms with van der Waals surface area (Å²) in [6.45, 7) is 10.6. The van der Waals surface area contributed by atoms with E-state index in [0.717, 1.165) is 45.3 Å². The molecule has 1 amide bonds. The van der Waals surface area contributed by atoms with E-state index < -0.39 is 23.1 Å². The standard InChI is InChI=1S/C37H52N6O6/c1-5-6-7-12-22-41(24-15-26-43-33(45)29-19-9-11-21-31(29)40-35(43)47)23-13-16-27(38-36(48)49-37(2,3)4)17-14-25-42-32(44)28-18-8-10-20-30(28)39-34(42)46/h8-11,18-21,27H,5-7,12-17,22-26H2,1-4H3,(H,38,48)(H,39,46)(H,40,47). The van der Waals surface area contributed by atoms with Crippen molar-refractivity contribution in [3.8, 4) is 0 Å². The summed E-state index contributed by atoms with van der Waals surface area (Å²) in [5.74, 6) is 0. The molecule has 2 heterocycles. The molecule has 0 aliphatic carbocycles. The number of aromatic amines is 2. The molecule has 0 aliphatic heterocycles. The van der Waals surface area contributed by atoms with Crippen molar-refractivity contribution in [2.24, 2.45) is 0 Å². The van der Waals surface area contributed by atoms with Crippen molar-refractivity contribution in [3.05, 3.63) is 90.2 Å². The number of carbonyl (C=O) groups is 1. The van der Waals surface area contributed by atoms with E-state index in [2.05, 4.69) is 27.1 Å². The fraction of sp³-hybridized carbons (Fsp3) is 0.541. The van der Waals surface area contributed by atoms with Gasteiger partial charge in [0.05, 0.1) is 21.8 Å². The maximum atomic E-state index is 13.0. The molecule has 266 valence electrons. The predicted molar refractivity (Wildman–Crippen MR) is 194 cm³/mol. The van der Waals surface area contributed by atoms with Crippen LogP contribution in [-0.4, -0.2) is 61.4 Å². The lowest BCUT2D eigenvalue weighted by Gasteiger charge is -2.26. The summed E-state index contributed by atoms with van der Waals surface area (Å²) in [5.41, 5.74) is -1.06. The Kier molecular flexibility index (Phi) is 13.6. The maximum Gasteiger partial charge on any atom is 0.407 e. The van der Waals surface area contributed by atoms with Gasteiger partial charge in [-0.2, -0.15) is 0 Å². The number of hydrogen-bond donors (Lipinski definition) is 3. The molecule has 2 aromatic heterocycles. The Morgan fingerprint density at radius 2 is 1.24 bits per heavy atom. The summed E-state index contributed by atoms with van der Waals surface area (Å²) in [4.78, 5) is 72.1. The number of para-hydroxylation sites is 2. The third-order valence-electron chi connectivity index (χ3n) is 8.64. The van der Waals surface area contributed by atoms with Crippen LogP contribution in [0, 0.1) is 0 Å². The van der Waals surface area contributed by atoms with Gasteiger partial charge >= 0.3 is 17.5 Å². The van der Waals surface area contributed by atoms with Crippen LogP contribution in [0.4, 0.5) is 4.79 Å². The van der Waals surface area contributed by atoms with Crippen molar-refractivity contribution in [3.63, 3.8) is 0 Å². The summed E-state index contributed by atoms with van der Waals surface area (Å²) >= 11 is 0. The SMILES string of the molecule is CCCCCCN(CCCC(CCCn1c(=O)[nH]c2ccccc2c1=O)NC(=O)OC(C)(C)C)CCCn1c(=O)[nH]c2ccccc2c1=O. The lowest BCUT2D eigenvalue weighted by molar-refractivity contribution is 0.0496. The number of carbonyl (C=O) groups excluding carboxylic acids is 1. The first-order chi connectivity index (χ1) is 23.5. The van der Waals surface area contributed by atoms with Gasteiger partial charge in [-0.15, -0.1) is 0 Å². The number of ether oxygens (including phenoxy) is 1. The van der Waals surface area contributed by atoms with Crippen LogP contribution in [-0.2, 0) is 17.8 Å². The zero-order valence-corrected chi connectivity index (χ0v) is 29.4. The van der Waals surface area contributed by atoms with Crippen LogP contribution in [0.1, 0.15) is 85.5 Å². The Balaban J connectivity index is 1.38. The van der Waals surface area contributed by atoms with E-state index in [1.165, 1.54) is 15.6 Å². The largest absolute Gasteiger partial charge is 0.444 e. The number of benzene rings is 2. The number of unbranched alkanes of at least 4 members (excludes halogenated alkanes) is 3. The second-order valence-electron chi connectivity index (χ2n) is 13.7. The van der Waals surface area contributed by atoms with Gasteiger partial charge in [-0.3, -0.25) is 18.7 Å². The first-order valence-corrected chi connectivity index (χ1v) is 17.6. The lowest BCUT2D eigenvalue weighted by Crippen LogP contribution is -2.40. The monoisotopic (exact) mass is 676 g/mol. The van der Waals surface area contributed by atoms with Crippen molar-refractivity contribution in [2.75, 3.05) is 19.6 Å². The van der Waals surface area contributed by atoms with Crippen LogP contribution in [0.2, 0.25) is 0 Å². The highest BCUT2D eigenvalue weighted by atomic mass is 16.6. The zero-order chi connectivity index (χ0) is 35.4. The molecule has 1 unspecified atom stereocenters. The minimum Gasteiger partial charge on any atom is -0.444 e. The second-order valence-corrected chi connectivity index (χ2v) is 13.7. The first kappa shape index (κ1) is 37.4. The van der Waals surface area contributed by atoms with E-state index in [9.17, 15) is 24.0 Å². The minimum absolute atomic E-state index is 0.221. The van der Waals surface area contributed by atoms with E-state index in [1.54, 1.807) is 48.5 Å². The molecule has 4 rings (SSSR count). The average molecular weight is 677 g/mol. The van der Waals surface area contributed by atoms with Gasteiger partial charge in [0.2, 0.25) is 0 Å². The second kappa shape index (κ2) is 17.8. The summed E-state index contributed by atoms with van der Waals surface area (Å²) in [7, 11) is 0. The van der Waals surface area contributed by atoms with Gasteiger partial charge in [-0.1, -0.05) is 50.5 Å². The molecule has 12 heteroatoms. The Labute approximate surface area is 286 Å². The fourth-order valence-electron chi connectivity index (χ4n) is 6.17. The molecule has 0 radical (unpaired) electrons. The first-order valence-electron chi connectivity index (χ1n) is 17.6. The number of H-pyrrole nitrogens is 2. The topological polar surface area (TPSA) is 151 Å². The Morgan fingerprint density at radius 1 is 0.735 bits per heavy atom. The Hall–Kier alpha value is -4.45. The minimum atomic E-state index is -0.648. The van der Waals surface area contributed by atoms with Crippen LogP contribution >= 0.6 is 0 Å². The van der Waals surface area contributed by atoms with Crippen LogP contribution < -0.4 is 27.8 Å². The Morgan fingerprint density at radius 3 is 1.82 bits per heavy atom. The molecule has 0 bridgehead atoms. The van der Waals surface area contributed by atoms with Crippen molar-refractivity contribution in [1.82, 2.24) is 29.3 Å². The summed E-state index contributed by atoms with van der Waals surface area (Å²) in [5, 5.41) is 3.97. The number of fused-ring (bicyclic) bond motifs is 2. The van der Waals surface area contributed by atoms with Crippen molar-refractivity contribution >= 4 is 27.9 Å². The molecule has 0 aliphatic rings. The van der Waals surface area contributed by atoms with Crippen molar-refractivity contribution in [1.29, 1.82) is 0 Å². The van der Waals surface area contributed by atoms with Gasteiger partial charge in [0.15, 0.2) is 0 Å². The number of rotatable bonds is 18. The number of alkyl carbamates (subject to hydrolysis) is 1. The third-order valence-corrected chi connectivity index (χ3v) is 8.64. The number of nitrogens with zero attached hydrogens (tertiary/aromatic N) is 3. The molecule has 4 aromatic rings. The van der Waals surface area contributed by atoms with E-state index >= 15 is 0 Å². The van der Waals surface area contributed by atoms with E-state index in [1.807, 2.05) is 20.8 Å². The maximum absolute atomic E-state index is 13.0. The molecule has 3 N–H and O–H groups in total. The molecule has 49 heavy (non-hydrogen) atoms. The Bertz CT molecular complexity index is 1920. The van der Waals surface area contributed by atoms with Crippen molar-refractivity contribution in [2.45, 2.75) is 110 Å². The normalized spacial score (nSPS) is 12.5. The molecule has 12 nitrogen and oxygen atoms in total. The van der Waals surface area contributed by atoms with Crippen molar-refractivity contribution < 1.29 is 9.53 Å². The highest BCUT2D eigenvalue weighted by molar-refractivity contribution is 5.77. The molecule has 0 spiro atoms. The lowest BCUT2D eigenvalue weighted by atomic mass is 10.1. The molecule has 0 saturated heterocycles. The predicted octanol–water partition coefficient (Wildman–Crippen LogP) is 5.12. The molecule has 0 saturated carbocycles. The van der Waals surface area contributed by atoms with Gasteiger partial charge in [-0.25, -0.2) is 14.4 Å². The van der Waals surface area contributed by atoms with E-state index in [4.69, 9.17) is 4.74 Å². The molecule has 2 aromatic carbocycles. The highest BCUT2D eigenvalue weighted by Crippen LogP contribution is 2.13. The number of aromatic nitrogens is 4. The zero-order valence-electron chi connectivity index (χ0n) is 29.4. The molecular weight excluding hydrogens is 624 g/mol. The molecular formula is C37H52N6O6. The van der Waals surface area contributed by atoms with Gasteiger partial charge in [0.1, 0.15) is 5.60 Å².